The smallest absolute Gasteiger partial charge is 0.282 e. The molecule has 0 radical (unpaired) electrons. The van der Waals surface area contributed by atoms with Gasteiger partial charge in [-0.3, -0.25) is 4.79 Å². The third-order valence-electron chi connectivity index (χ3n) is 4.18. The number of carbonyl (C=O) groups excluding carboxylic acids is 1. The Labute approximate surface area is 120 Å². The molecule has 0 aromatic heterocycles. The minimum Gasteiger partial charge on any atom is -0.325 e. The SMILES string of the molecule is CC1CC[NH+]([C@@H](C)C(=O)Nc2cccc(C#N)c2)CC1. The zero-order valence-electron chi connectivity index (χ0n) is 12.1. The molecule has 1 aromatic carbocycles. The number of nitriles is 1. The highest BCUT2D eigenvalue weighted by atomic mass is 16.2. The molecule has 106 valence electrons. The second kappa shape index (κ2) is 6.53. The molecule has 4 heteroatoms. The third-order valence-corrected chi connectivity index (χ3v) is 4.18. The van der Waals surface area contributed by atoms with Gasteiger partial charge in [-0.2, -0.15) is 5.26 Å². The highest BCUT2D eigenvalue weighted by molar-refractivity contribution is 5.93. The number of rotatable bonds is 3. The molecular weight excluding hydrogens is 250 g/mol. The van der Waals surface area contributed by atoms with E-state index in [2.05, 4.69) is 18.3 Å². The third kappa shape index (κ3) is 3.58. The molecule has 0 aliphatic carbocycles. The van der Waals surface area contributed by atoms with Gasteiger partial charge in [0.25, 0.3) is 5.91 Å². The molecule has 20 heavy (non-hydrogen) atoms. The summed E-state index contributed by atoms with van der Waals surface area (Å²) in [5, 5.41) is 11.8. The van der Waals surface area contributed by atoms with Crippen molar-refractivity contribution in [2.24, 2.45) is 5.92 Å². The number of hydrogen-bond donors (Lipinski definition) is 2. The molecule has 1 fully saturated rings. The summed E-state index contributed by atoms with van der Waals surface area (Å²) in [6.45, 7) is 6.38. The fraction of sp³-hybridized carbons (Fsp3) is 0.500. The minimum absolute atomic E-state index is 0.0321. The number of hydrogen-bond acceptors (Lipinski definition) is 2. The lowest BCUT2D eigenvalue weighted by atomic mass is 9.98. The number of likely N-dealkylation sites (tertiary alicyclic amines) is 1. The van der Waals surface area contributed by atoms with E-state index in [0.717, 1.165) is 19.0 Å². The van der Waals surface area contributed by atoms with Crippen molar-refractivity contribution in [3.8, 4) is 6.07 Å². The van der Waals surface area contributed by atoms with Crippen molar-refractivity contribution >= 4 is 11.6 Å². The van der Waals surface area contributed by atoms with E-state index in [4.69, 9.17) is 5.26 Å². The van der Waals surface area contributed by atoms with Crippen molar-refractivity contribution in [3.05, 3.63) is 29.8 Å². The first kappa shape index (κ1) is 14.5. The number of piperidine rings is 1. The van der Waals surface area contributed by atoms with Crippen molar-refractivity contribution in [2.45, 2.75) is 32.7 Å². The lowest BCUT2D eigenvalue weighted by molar-refractivity contribution is -0.919. The summed E-state index contributed by atoms with van der Waals surface area (Å²) in [4.78, 5) is 13.6. The van der Waals surface area contributed by atoms with Crippen molar-refractivity contribution < 1.29 is 9.69 Å². The van der Waals surface area contributed by atoms with E-state index in [-0.39, 0.29) is 11.9 Å². The number of carbonyl (C=O) groups is 1. The maximum absolute atomic E-state index is 12.3. The zero-order chi connectivity index (χ0) is 14.5. The molecule has 0 unspecified atom stereocenters. The standard InChI is InChI=1S/C16H21N3O/c1-12-6-8-19(9-7-12)13(2)16(20)18-15-5-3-4-14(10-15)11-17/h3-5,10,12-13H,6-9H2,1-2H3,(H,18,20)/p+1/t13-/m0/s1. The Kier molecular flexibility index (Phi) is 4.75. The molecular formula is C16H22N3O+. The second-order valence-electron chi connectivity index (χ2n) is 5.74. The highest BCUT2D eigenvalue weighted by Gasteiger charge is 2.28. The molecule has 1 heterocycles. The molecule has 1 aromatic rings. The molecule has 1 aliphatic rings. The van der Waals surface area contributed by atoms with Gasteiger partial charge in [-0.15, -0.1) is 0 Å². The largest absolute Gasteiger partial charge is 0.325 e. The first-order valence-electron chi connectivity index (χ1n) is 7.25. The first-order valence-corrected chi connectivity index (χ1v) is 7.25. The summed E-state index contributed by atoms with van der Waals surface area (Å²) in [5.74, 6) is 0.811. The molecule has 1 atom stereocenters. The normalized spacial score (nSPS) is 23.6. The van der Waals surface area contributed by atoms with Crippen molar-refractivity contribution in [2.75, 3.05) is 18.4 Å². The molecule has 1 aliphatic heterocycles. The minimum atomic E-state index is -0.0479. The Morgan fingerprint density at radius 3 is 2.80 bits per heavy atom. The van der Waals surface area contributed by atoms with Crippen molar-refractivity contribution in [1.82, 2.24) is 0 Å². The van der Waals surface area contributed by atoms with Crippen LogP contribution in [-0.2, 0) is 4.79 Å². The van der Waals surface area contributed by atoms with E-state index in [9.17, 15) is 4.79 Å². The quantitative estimate of drug-likeness (QED) is 0.868. The molecule has 1 saturated heterocycles. The average Bonchev–Trinajstić information content (AvgIpc) is 2.47. The van der Waals surface area contributed by atoms with Crippen molar-refractivity contribution in [1.29, 1.82) is 5.26 Å². The Hall–Kier alpha value is -1.86. The van der Waals surface area contributed by atoms with Crippen LogP contribution in [0.5, 0.6) is 0 Å². The van der Waals surface area contributed by atoms with Crippen LogP contribution in [0.4, 0.5) is 5.69 Å². The van der Waals surface area contributed by atoms with Gasteiger partial charge in [0.05, 0.1) is 24.7 Å². The summed E-state index contributed by atoms with van der Waals surface area (Å²) in [7, 11) is 0. The molecule has 0 bridgehead atoms. The van der Waals surface area contributed by atoms with E-state index >= 15 is 0 Å². The van der Waals surface area contributed by atoms with Gasteiger partial charge in [-0.05, 0) is 43.9 Å². The molecule has 0 spiro atoms. The number of quaternary nitrogens is 1. The van der Waals surface area contributed by atoms with Gasteiger partial charge >= 0.3 is 0 Å². The van der Waals surface area contributed by atoms with Crippen LogP contribution >= 0.6 is 0 Å². The summed E-state index contributed by atoms with van der Waals surface area (Å²) < 4.78 is 0. The van der Waals surface area contributed by atoms with Crippen molar-refractivity contribution in [3.63, 3.8) is 0 Å². The van der Waals surface area contributed by atoms with Crippen LogP contribution in [0.15, 0.2) is 24.3 Å². The van der Waals surface area contributed by atoms with Crippen LogP contribution in [0.2, 0.25) is 0 Å². The van der Waals surface area contributed by atoms with Crippen LogP contribution in [0, 0.1) is 17.2 Å². The van der Waals surface area contributed by atoms with Crippen LogP contribution in [0.3, 0.4) is 0 Å². The predicted octanol–water partition coefficient (Wildman–Crippen LogP) is 1.20. The summed E-state index contributed by atoms with van der Waals surface area (Å²) >= 11 is 0. The Morgan fingerprint density at radius 2 is 2.15 bits per heavy atom. The van der Waals surface area contributed by atoms with E-state index < -0.39 is 0 Å². The number of amides is 1. The van der Waals surface area contributed by atoms with Crippen LogP contribution in [0.25, 0.3) is 0 Å². The van der Waals surface area contributed by atoms with Crippen LogP contribution in [0.1, 0.15) is 32.3 Å². The fourth-order valence-corrected chi connectivity index (χ4v) is 2.67. The predicted molar refractivity (Wildman–Crippen MR) is 78.3 cm³/mol. The molecule has 1 amide bonds. The Morgan fingerprint density at radius 1 is 1.45 bits per heavy atom. The van der Waals surface area contributed by atoms with Gasteiger partial charge in [0, 0.05) is 5.69 Å². The Bertz CT molecular complexity index is 513. The maximum Gasteiger partial charge on any atom is 0.282 e. The summed E-state index contributed by atoms with van der Waals surface area (Å²) in [5.41, 5.74) is 1.26. The van der Waals surface area contributed by atoms with E-state index in [1.807, 2.05) is 13.0 Å². The second-order valence-corrected chi connectivity index (χ2v) is 5.74. The van der Waals surface area contributed by atoms with Crippen LogP contribution in [-0.4, -0.2) is 25.0 Å². The van der Waals surface area contributed by atoms with Gasteiger partial charge < -0.3 is 10.2 Å². The van der Waals surface area contributed by atoms with E-state index in [0.29, 0.717) is 11.3 Å². The lowest BCUT2D eigenvalue weighted by Crippen LogP contribution is -3.17. The Balaban J connectivity index is 1.95. The van der Waals surface area contributed by atoms with E-state index in [1.54, 1.807) is 18.2 Å². The van der Waals surface area contributed by atoms with Gasteiger partial charge in [0.15, 0.2) is 6.04 Å². The monoisotopic (exact) mass is 272 g/mol. The molecule has 2 rings (SSSR count). The number of nitrogens with zero attached hydrogens (tertiary/aromatic N) is 1. The fourth-order valence-electron chi connectivity index (χ4n) is 2.67. The first-order chi connectivity index (χ1) is 9.60. The van der Waals surface area contributed by atoms with Crippen LogP contribution < -0.4 is 10.2 Å². The molecule has 4 nitrogen and oxygen atoms in total. The van der Waals surface area contributed by atoms with E-state index in [1.165, 1.54) is 17.7 Å². The zero-order valence-corrected chi connectivity index (χ0v) is 12.1. The lowest BCUT2D eigenvalue weighted by Gasteiger charge is -2.31. The van der Waals surface area contributed by atoms with Gasteiger partial charge in [-0.25, -0.2) is 0 Å². The van der Waals surface area contributed by atoms with Gasteiger partial charge in [0.2, 0.25) is 0 Å². The average molecular weight is 272 g/mol. The number of nitrogens with one attached hydrogen (secondary N) is 2. The number of benzene rings is 1. The topological polar surface area (TPSA) is 57.3 Å². The van der Waals surface area contributed by atoms with Gasteiger partial charge in [-0.1, -0.05) is 13.0 Å². The van der Waals surface area contributed by atoms with Gasteiger partial charge in [0.1, 0.15) is 0 Å². The molecule has 2 N–H and O–H groups in total. The number of anilines is 1. The summed E-state index contributed by atoms with van der Waals surface area (Å²) in [6, 6.07) is 9.08. The maximum atomic E-state index is 12.3. The molecule has 0 saturated carbocycles. The highest BCUT2D eigenvalue weighted by Crippen LogP contribution is 2.10. The summed E-state index contributed by atoms with van der Waals surface area (Å²) in [6.07, 6.45) is 2.38.